The molecule has 0 amide bonds. The second-order valence-corrected chi connectivity index (χ2v) is 4.65. The second-order valence-electron chi connectivity index (χ2n) is 4.65. The predicted molar refractivity (Wildman–Crippen MR) is 66.6 cm³/mol. The van der Waals surface area contributed by atoms with Crippen molar-refractivity contribution in [2.45, 2.75) is 19.2 Å². The number of aryl methyl sites for hydroxylation is 1. The first-order valence-corrected chi connectivity index (χ1v) is 6.01. The first kappa shape index (κ1) is 15.4. The lowest BCUT2D eigenvalue weighted by Gasteiger charge is -2.15. The first-order valence-electron chi connectivity index (χ1n) is 6.01. The van der Waals surface area contributed by atoms with Gasteiger partial charge in [-0.1, -0.05) is 18.2 Å². The molecule has 0 fully saturated rings. The minimum atomic E-state index is -4.85. The Kier molecular flexibility index (Phi) is 4.00. The lowest BCUT2D eigenvalue weighted by molar-refractivity contribution is -0.140. The van der Waals surface area contributed by atoms with E-state index in [1.165, 1.54) is 19.1 Å². The minimum absolute atomic E-state index is 0.116. The summed E-state index contributed by atoms with van der Waals surface area (Å²) in [7, 11) is 0. The molecule has 2 aromatic carbocycles. The van der Waals surface area contributed by atoms with Crippen molar-refractivity contribution in [2.75, 3.05) is 0 Å². The molecule has 0 aliphatic carbocycles. The Morgan fingerprint density at radius 3 is 1.95 bits per heavy atom. The summed E-state index contributed by atoms with van der Waals surface area (Å²) in [6.45, 7) is 1.47. The number of aliphatic hydroxyl groups excluding tert-OH is 1. The zero-order valence-corrected chi connectivity index (χ0v) is 10.9. The van der Waals surface area contributed by atoms with Gasteiger partial charge in [-0.3, -0.25) is 0 Å². The lowest BCUT2D eigenvalue weighted by atomic mass is 9.98. The van der Waals surface area contributed by atoms with Crippen LogP contribution in [0.5, 0.6) is 0 Å². The SMILES string of the molecule is Cc1cc(C(O)c2ccc(F)c(C(F)(F)F)c2)ccc1F. The standard InChI is InChI=1S/C15H11F5O/c1-8-6-9(2-4-12(8)16)14(21)10-3-5-13(17)11(7-10)15(18,19)20/h2-7,14,21H,1H3. The van der Waals surface area contributed by atoms with Crippen molar-refractivity contribution in [3.8, 4) is 0 Å². The molecule has 0 spiro atoms. The maximum atomic E-state index is 13.2. The molecule has 1 unspecified atom stereocenters. The molecule has 0 saturated carbocycles. The molecule has 0 bridgehead atoms. The molecule has 0 saturated heterocycles. The van der Waals surface area contributed by atoms with Crippen LogP contribution in [0.15, 0.2) is 36.4 Å². The molecule has 1 N–H and O–H groups in total. The molecule has 21 heavy (non-hydrogen) atoms. The van der Waals surface area contributed by atoms with E-state index in [4.69, 9.17) is 0 Å². The monoisotopic (exact) mass is 302 g/mol. The molecule has 6 heteroatoms. The normalized spacial score (nSPS) is 13.3. The second kappa shape index (κ2) is 5.44. The third-order valence-corrected chi connectivity index (χ3v) is 3.11. The summed E-state index contributed by atoms with van der Waals surface area (Å²) in [4.78, 5) is 0. The van der Waals surface area contributed by atoms with Gasteiger partial charge >= 0.3 is 6.18 Å². The summed E-state index contributed by atoms with van der Waals surface area (Å²) in [5.74, 6) is -1.89. The van der Waals surface area contributed by atoms with Crippen LogP contribution in [0.2, 0.25) is 0 Å². The molecule has 0 heterocycles. The molecule has 1 atom stereocenters. The highest BCUT2D eigenvalue weighted by Crippen LogP contribution is 2.34. The van der Waals surface area contributed by atoms with Crippen molar-refractivity contribution in [1.29, 1.82) is 0 Å². The lowest BCUT2D eigenvalue weighted by Crippen LogP contribution is -2.10. The third-order valence-electron chi connectivity index (χ3n) is 3.11. The van der Waals surface area contributed by atoms with Crippen LogP contribution in [0, 0.1) is 18.6 Å². The van der Waals surface area contributed by atoms with E-state index in [0.29, 0.717) is 12.1 Å². The van der Waals surface area contributed by atoms with Gasteiger partial charge in [0.2, 0.25) is 0 Å². The van der Waals surface area contributed by atoms with E-state index in [-0.39, 0.29) is 16.7 Å². The van der Waals surface area contributed by atoms with Crippen molar-refractivity contribution in [1.82, 2.24) is 0 Å². The van der Waals surface area contributed by atoms with Crippen molar-refractivity contribution in [3.63, 3.8) is 0 Å². The van der Waals surface area contributed by atoms with Gasteiger partial charge in [0, 0.05) is 0 Å². The van der Waals surface area contributed by atoms with Gasteiger partial charge in [-0.05, 0) is 41.8 Å². The number of hydrogen-bond acceptors (Lipinski definition) is 1. The van der Waals surface area contributed by atoms with E-state index < -0.39 is 29.5 Å². The Bertz CT molecular complexity index is 664. The Morgan fingerprint density at radius 2 is 1.43 bits per heavy atom. The van der Waals surface area contributed by atoms with Crippen molar-refractivity contribution < 1.29 is 27.1 Å². The zero-order valence-electron chi connectivity index (χ0n) is 10.9. The van der Waals surface area contributed by atoms with E-state index in [2.05, 4.69) is 0 Å². The van der Waals surface area contributed by atoms with Crippen LogP contribution >= 0.6 is 0 Å². The van der Waals surface area contributed by atoms with Gasteiger partial charge in [-0.25, -0.2) is 8.78 Å². The number of alkyl halides is 3. The van der Waals surface area contributed by atoms with E-state index in [0.717, 1.165) is 12.1 Å². The van der Waals surface area contributed by atoms with E-state index in [9.17, 15) is 27.1 Å². The molecule has 0 aromatic heterocycles. The predicted octanol–water partition coefficient (Wildman–Crippen LogP) is 4.37. The molecule has 0 aliphatic heterocycles. The Labute approximate surface area is 117 Å². The molecule has 112 valence electrons. The molecule has 0 aliphatic rings. The summed E-state index contributed by atoms with van der Waals surface area (Å²) >= 11 is 0. The summed E-state index contributed by atoms with van der Waals surface area (Å²) in [6.07, 6.45) is -6.25. The van der Waals surface area contributed by atoms with E-state index in [1.54, 1.807) is 0 Å². The highest BCUT2D eigenvalue weighted by Gasteiger charge is 2.34. The molecular formula is C15H11F5O. The highest BCUT2D eigenvalue weighted by atomic mass is 19.4. The third kappa shape index (κ3) is 3.21. The summed E-state index contributed by atoms with van der Waals surface area (Å²) < 4.78 is 64.3. The average molecular weight is 302 g/mol. The fourth-order valence-electron chi connectivity index (χ4n) is 1.96. The number of benzene rings is 2. The van der Waals surface area contributed by atoms with E-state index >= 15 is 0 Å². The average Bonchev–Trinajstić information content (AvgIpc) is 2.40. The van der Waals surface area contributed by atoms with Gasteiger partial charge in [-0.15, -0.1) is 0 Å². The van der Waals surface area contributed by atoms with Crippen molar-refractivity contribution in [2.24, 2.45) is 0 Å². The Balaban J connectivity index is 2.44. The van der Waals surface area contributed by atoms with Crippen LogP contribution in [0.3, 0.4) is 0 Å². The van der Waals surface area contributed by atoms with Crippen molar-refractivity contribution >= 4 is 0 Å². The molecule has 0 radical (unpaired) electrons. The van der Waals surface area contributed by atoms with Crippen LogP contribution in [0.25, 0.3) is 0 Å². The van der Waals surface area contributed by atoms with Crippen LogP contribution in [0.1, 0.15) is 28.4 Å². The Morgan fingerprint density at radius 1 is 0.905 bits per heavy atom. The van der Waals surface area contributed by atoms with Gasteiger partial charge in [0.05, 0.1) is 5.56 Å². The van der Waals surface area contributed by atoms with Gasteiger partial charge in [0.1, 0.15) is 17.7 Å². The summed E-state index contributed by atoms with van der Waals surface area (Å²) in [5, 5.41) is 10.1. The number of aliphatic hydroxyl groups is 1. The maximum Gasteiger partial charge on any atom is 0.419 e. The minimum Gasteiger partial charge on any atom is -0.384 e. The quantitative estimate of drug-likeness (QED) is 0.817. The van der Waals surface area contributed by atoms with Crippen LogP contribution < -0.4 is 0 Å². The molecule has 2 aromatic rings. The maximum absolute atomic E-state index is 13.2. The van der Waals surface area contributed by atoms with Crippen molar-refractivity contribution in [3.05, 3.63) is 70.3 Å². The van der Waals surface area contributed by atoms with Gasteiger partial charge in [-0.2, -0.15) is 13.2 Å². The smallest absolute Gasteiger partial charge is 0.384 e. The number of hydrogen-bond donors (Lipinski definition) is 1. The van der Waals surface area contributed by atoms with Crippen LogP contribution in [-0.2, 0) is 6.18 Å². The van der Waals surface area contributed by atoms with Gasteiger partial charge in [0.15, 0.2) is 0 Å². The molecule has 1 nitrogen and oxygen atoms in total. The Hall–Kier alpha value is -1.95. The number of halogens is 5. The highest BCUT2D eigenvalue weighted by molar-refractivity contribution is 5.36. The van der Waals surface area contributed by atoms with Crippen LogP contribution in [-0.4, -0.2) is 5.11 Å². The topological polar surface area (TPSA) is 20.2 Å². The largest absolute Gasteiger partial charge is 0.419 e. The van der Waals surface area contributed by atoms with E-state index in [1.807, 2.05) is 0 Å². The molecule has 2 rings (SSSR count). The summed E-state index contributed by atoms with van der Waals surface area (Å²) in [5.41, 5.74) is -1.08. The van der Waals surface area contributed by atoms with Gasteiger partial charge < -0.3 is 5.11 Å². The fourth-order valence-corrected chi connectivity index (χ4v) is 1.96. The summed E-state index contributed by atoms with van der Waals surface area (Å²) in [6, 6.07) is 5.98. The zero-order chi connectivity index (χ0) is 15.8. The van der Waals surface area contributed by atoms with Crippen LogP contribution in [0.4, 0.5) is 22.0 Å². The molecular weight excluding hydrogens is 291 g/mol. The first-order chi connectivity index (χ1) is 9.70. The number of rotatable bonds is 2. The fraction of sp³-hybridized carbons (Fsp3) is 0.200. The van der Waals surface area contributed by atoms with Gasteiger partial charge in [0.25, 0.3) is 0 Å².